The Labute approximate surface area is 105 Å². The first-order valence-corrected chi connectivity index (χ1v) is 6.10. The average Bonchev–Trinajstić information content (AvgIpc) is 2.68. The van der Waals surface area contributed by atoms with Gasteiger partial charge in [0, 0.05) is 34.0 Å². The summed E-state index contributed by atoms with van der Waals surface area (Å²) in [6.07, 6.45) is 0.591. The highest BCUT2D eigenvalue weighted by atomic mass is 32.1. The second-order valence-electron chi connectivity index (χ2n) is 3.88. The molecule has 0 amide bonds. The molecule has 0 aliphatic rings. The summed E-state index contributed by atoms with van der Waals surface area (Å²) in [5.41, 5.74) is 20.0. The standard InChI is InChI=1S/C12H18N4S/c1-7(13)11(8(2)14)12(16)10(15)6-9-4-3-5-17-9/h3-5,13H,6,14-16H2,1-2H3/b11-8-,12-10+,13-7?. The fraction of sp³-hybridized carbons (Fsp3) is 0.250. The molecular formula is C12H18N4S. The molecule has 0 bridgehead atoms. The number of thiophene rings is 1. The molecule has 0 aliphatic heterocycles. The molecule has 0 aromatic carbocycles. The SMILES string of the molecule is CC(=N)C(=C(\C)N)/C(N)=C(\N)Cc1cccs1. The summed E-state index contributed by atoms with van der Waals surface area (Å²) in [5.74, 6) is 0. The molecule has 4 nitrogen and oxygen atoms in total. The summed E-state index contributed by atoms with van der Waals surface area (Å²) < 4.78 is 0. The first-order valence-electron chi connectivity index (χ1n) is 5.22. The molecule has 1 heterocycles. The number of allylic oxidation sites excluding steroid dienone is 3. The highest BCUT2D eigenvalue weighted by Gasteiger charge is 2.11. The van der Waals surface area contributed by atoms with Crippen LogP contribution >= 0.6 is 11.3 Å². The molecule has 1 aromatic rings. The van der Waals surface area contributed by atoms with Gasteiger partial charge in [-0.05, 0) is 25.3 Å². The summed E-state index contributed by atoms with van der Waals surface area (Å²) in [6, 6.07) is 3.97. The molecular weight excluding hydrogens is 232 g/mol. The molecule has 0 fully saturated rings. The van der Waals surface area contributed by atoms with E-state index in [2.05, 4.69) is 0 Å². The predicted octanol–water partition coefficient (Wildman–Crippen LogP) is 1.69. The molecule has 5 heteroatoms. The zero-order chi connectivity index (χ0) is 13.0. The fourth-order valence-electron chi connectivity index (χ4n) is 1.57. The Kier molecular flexibility index (Phi) is 4.34. The Bertz CT molecular complexity index is 465. The van der Waals surface area contributed by atoms with Gasteiger partial charge < -0.3 is 22.6 Å². The molecule has 17 heavy (non-hydrogen) atoms. The summed E-state index contributed by atoms with van der Waals surface area (Å²) in [7, 11) is 0. The Morgan fingerprint density at radius 3 is 2.35 bits per heavy atom. The smallest absolute Gasteiger partial charge is 0.0617 e. The van der Waals surface area contributed by atoms with Gasteiger partial charge >= 0.3 is 0 Å². The summed E-state index contributed by atoms with van der Waals surface area (Å²) in [6.45, 7) is 3.37. The van der Waals surface area contributed by atoms with Gasteiger partial charge in [0.1, 0.15) is 0 Å². The van der Waals surface area contributed by atoms with Crippen LogP contribution < -0.4 is 17.2 Å². The molecule has 0 radical (unpaired) electrons. The number of nitrogens with one attached hydrogen (secondary N) is 1. The normalized spacial score (nSPS) is 14.0. The van der Waals surface area contributed by atoms with Gasteiger partial charge in [-0.15, -0.1) is 11.3 Å². The molecule has 0 unspecified atom stereocenters. The van der Waals surface area contributed by atoms with Crippen molar-refractivity contribution in [2.24, 2.45) is 17.2 Å². The molecule has 1 rings (SSSR count). The Morgan fingerprint density at radius 2 is 1.94 bits per heavy atom. The van der Waals surface area contributed by atoms with E-state index in [1.54, 1.807) is 25.2 Å². The van der Waals surface area contributed by atoms with E-state index in [0.717, 1.165) is 4.88 Å². The number of rotatable bonds is 4. The lowest BCUT2D eigenvalue weighted by molar-refractivity contribution is 1.07. The summed E-state index contributed by atoms with van der Waals surface area (Å²) >= 11 is 1.63. The van der Waals surface area contributed by atoms with E-state index in [1.165, 1.54) is 0 Å². The molecule has 7 N–H and O–H groups in total. The molecule has 1 aromatic heterocycles. The highest BCUT2D eigenvalue weighted by Crippen LogP contribution is 2.17. The zero-order valence-electron chi connectivity index (χ0n) is 10.1. The number of nitrogens with two attached hydrogens (primary N) is 3. The minimum atomic E-state index is 0.330. The Morgan fingerprint density at radius 1 is 1.29 bits per heavy atom. The highest BCUT2D eigenvalue weighted by molar-refractivity contribution is 7.09. The molecule has 0 aliphatic carbocycles. The van der Waals surface area contributed by atoms with Crippen molar-refractivity contribution in [1.82, 2.24) is 0 Å². The van der Waals surface area contributed by atoms with Crippen LogP contribution in [0, 0.1) is 5.41 Å². The van der Waals surface area contributed by atoms with E-state index < -0.39 is 0 Å². The second kappa shape index (κ2) is 5.54. The van der Waals surface area contributed by atoms with Crippen LogP contribution in [-0.4, -0.2) is 5.71 Å². The van der Waals surface area contributed by atoms with Crippen LogP contribution in [-0.2, 0) is 6.42 Å². The van der Waals surface area contributed by atoms with E-state index in [0.29, 0.717) is 34.8 Å². The third kappa shape index (κ3) is 3.35. The van der Waals surface area contributed by atoms with Crippen LogP contribution in [0.15, 0.2) is 40.2 Å². The van der Waals surface area contributed by atoms with E-state index in [1.807, 2.05) is 17.5 Å². The maximum absolute atomic E-state index is 7.65. The van der Waals surface area contributed by atoms with Crippen molar-refractivity contribution in [1.29, 1.82) is 5.41 Å². The van der Waals surface area contributed by atoms with E-state index in [4.69, 9.17) is 22.6 Å². The predicted molar refractivity (Wildman–Crippen MR) is 73.7 cm³/mol. The number of hydrogen-bond donors (Lipinski definition) is 4. The lowest BCUT2D eigenvalue weighted by atomic mass is 10.0. The van der Waals surface area contributed by atoms with Crippen molar-refractivity contribution in [3.05, 3.63) is 45.1 Å². The first kappa shape index (κ1) is 13.3. The quantitative estimate of drug-likeness (QED) is 0.483. The Hall–Kier alpha value is -1.75. The molecule has 0 saturated heterocycles. The zero-order valence-corrected chi connectivity index (χ0v) is 10.9. The maximum atomic E-state index is 7.65. The topological polar surface area (TPSA) is 102 Å². The van der Waals surface area contributed by atoms with Gasteiger partial charge in [-0.1, -0.05) is 6.07 Å². The number of hydrogen-bond acceptors (Lipinski definition) is 5. The first-order chi connectivity index (χ1) is 7.93. The van der Waals surface area contributed by atoms with Gasteiger partial charge in [0.25, 0.3) is 0 Å². The van der Waals surface area contributed by atoms with Crippen LogP contribution in [0.4, 0.5) is 0 Å². The Balaban J connectivity index is 3.04. The third-order valence-corrected chi connectivity index (χ3v) is 3.21. The van der Waals surface area contributed by atoms with E-state index >= 15 is 0 Å². The maximum Gasteiger partial charge on any atom is 0.0617 e. The molecule has 0 saturated carbocycles. The van der Waals surface area contributed by atoms with Crippen LogP contribution in [0.25, 0.3) is 0 Å². The van der Waals surface area contributed by atoms with Crippen LogP contribution in [0.2, 0.25) is 0 Å². The van der Waals surface area contributed by atoms with E-state index in [-0.39, 0.29) is 0 Å². The summed E-state index contributed by atoms with van der Waals surface area (Å²) in [5, 5.41) is 9.64. The molecule has 0 atom stereocenters. The van der Waals surface area contributed by atoms with Crippen LogP contribution in [0.5, 0.6) is 0 Å². The van der Waals surface area contributed by atoms with Crippen molar-refractivity contribution >= 4 is 17.0 Å². The lowest BCUT2D eigenvalue weighted by Gasteiger charge is -2.12. The van der Waals surface area contributed by atoms with Crippen molar-refractivity contribution in [3.63, 3.8) is 0 Å². The van der Waals surface area contributed by atoms with Crippen molar-refractivity contribution in [3.8, 4) is 0 Å². The van der Waals surface area contributed by atoms with Crippen LogP contribution in [0.1, 0.15) is 18.7 Å². The largest absolute Gasteiger partial charge is 0.402 e. The van der Waals surface area contributed by atoms with E-state index in [9.17, 15) is 0 Å². The monoisotopic (exact) mass is 250 g/mol. The van der Waals surface area contributed by atoms with Gasteiger partial charge in [-0.25, -0.2) is 0 Å². The minimum Gasteiger partial charge on any atom is -0.402 e. The summed E-state index contributed by atoms with van der Waals surface area (Å²) in [4.78, 5) is 1.14. The average molecular weight is 250 g/mol. The fourth-order valence-corrected chi connectivity index (χ4v) is 2.29. The molecule has 0 spiro atoms. The lowest BCUT2D eigenvalue weighted by Crippen LogP contribution is -2.19. The van der Waals surface area contributed by atoms with Gasteiger partial charge in [0.05, 0.1) is 5.70 Å². The van der Waals surface area contributed by atoms with Gasteiger partial charge in [0.2, 0.25) is 0 Å². The van der Waals surface area contributed by atoms with Gasteiger partial charge in [-0.3, -0.25) is 0 Å². The minimum absolute atomic E-state index is 0.330. The van der Waals surface area contributed by atoms with Gasteiger partial charge in [-0.2, -0.15) is 0 Å². The van der Waals surface area contributed by atoms with Crippen molar-refractivity contribution in [2.45, 2.75) is 20.3 Å². The van der Waals surface area contributed by atoms with Gasteiger partial charge in [0.15, 0.2) is 0 Å². The second-order valence-corrected chi connectivity index (χ2v) is 4.91. The van der Waals surface area contributed by atoms with Crippen LogP contribution in [0.3, 0.4) is 0 Å². The van der Waals surface area contributed by atoms with Crippen molar-refractivity contribution < 1.29 is 0 Å². The molecule has 92 valence electrons. The third-order valence-electron chi connectivity index (χ3n) is 2.33. The van der Waals surface area contributed by atoms with Crippen molar-refractivity contribution in [2.75, 3.05) is 0 Å².